The summed E-state index contributed by atoms with van der Waals surface area (Å²) in [5, 5.41) is 3.61. The van der Waals surface area contributed by atoms with E-state index in [0.717, 1.165) is 16.5 Å². The van der Waals surface area contributed by atoms with Gasteiger partial charge in [0.1, 0.15) is 5.56 Å². The third kappa shape index (κ3) is 3.46. The summed E-state index contributed by atoms with van der Waals surface area (Å²) in [6, 6.07) is 10.1. The number of amides is 1. The first kappa shape index (κ1) is 16.2. The second-order valence-corrected chi connectivity index (χ2v) is 7.65. The summed E-state index contributed by atoms with van der Waals surface area (Å²) in [7, 11) is -3.26. The van der Waals surface area contributed by atoms with E-state index in [1.165, 1.54) is 12.1 Å². The molecule has 0 aliphatic carbocycles. The molecule has 1 amide bonds. The highest BCUT2D eigenvalue weighted by Crippen LogP contribution is 2.17. The van der Waals surface area contributed by atoms with E-state index in [-0.39, 0.29) is 11.3 Å². The largest absolute Gasteiger partial charge is 0.345 e. The number of sulfone groups is 1. The first-order valence-electron chi connectivity index (χ1n) is 7.36. The summed E-state index contributed by atoms with van der Waals surface area (Å²) in [6.07, 6.45) is 1.41. The van der Waals surface area contributed by atoms with Crippen LogP contribution in [0, 0.1) is 6.92 Å². The normalized spacial score (nSPS) is 18.5. The van der Waals surface area contributed by atoms with Crippen LogP contribution in [0.1, 0.15) is 15.9 Å². The molecular weight excluding hydrogens is 328 g/mol. The van der Waals surface area contributed by atoms with Gasteiger partial charge in [0.15, 0.2) is 9.84 Å². The van der Waals surface area contributed by atoms with Crippen molar-refractivity contribution in [2.75, 3.05) is 5.75 Å². The molecule has 2 N–H and O–H groups in total. The zero-order valence-electron chi connectivity index (χ0n) is 12.9. The fraction of sp³-hybridized carbons (Fsp3) is 0.176. The number of hydrogen-bond acceptors (Lipinski definition) is 4. The van der Waals surface area contributed by atoms with Gasteiger partial charge in [0.25, 0.3) is 11.5 Å². The van der Waals surface area contributed by atoms with Crippen LogP contribution in [-0.4, -0.2) is 31.1 Å². The average molecular weight is 344 g/mol. The van der Waals surface area contributed by atoms with E-state index >= 15 is 0 Å². The van der Waals surface area contributed by atoms with Crippen molar-refractivity contribution in [3.8, 4) is 11.3 Å². The SMILES string of the molecule is Cc1cccc(-c2ccc(C(=O)NC3C=CS(=O)(=O)C3)c(=O)[nH]2)c1. The zero-order chi connectivity index (χ0) is 17.3. The molecule has 1 atom stereocenters. The van der Waals surface area contributed by atoms with Crippen LogP contribution in [0.4, 0.5) is 0 Å². The maximum Gasteiger partial charge on any atom is 0.261 e. The predicted octanol–water partition coefficient (Wildman–Crippen LogP) is 1.39. The van der Waals surface area contributed by atoms with Gasteiger partial charge in [0.05, 0.1) is 11.8 Å². The van der Waals surface area contributed by atoms with Gasteiger partial charge in [0.2, 0.25) is 0 Å². The number of H-pyrrole nitrogens is 1. The first-order valence-corrected chi connectivity index (χ1v) is 9.08. The number of carbonyl (C=O) groups excluding carboxylic acids is 1. The predicted molar refractivity (Wildman–Crippen MR) is 91.4 cm³/mol. The molecule has 1 aliphatic rings. The monoisotopic (exact) mass is 344 g/mol. The smallest absolute Gasteiger partial charge is 0.261 e. The Hall–Kier alpha value is -2.67. The number of aromatic nitrogens is 1. The lowest BCUT2D eigenvalue weighted by molar-refractivity contribution is 0.0946. The summed E-state index contributed by atoms with van der Waals surface area (Å²) in [6.45, 7) is 1.95. The van der Waals surface area contributed by atoms with Crippen LogP contribution in [0.2, 0.25) is 0 Å². The number of nitrogens with one attached hydrogen (secondary N) is 2. The van der Waals surface area contributed by atoms with Crippen LogP contribution in [-0.2, 0) is 9.84 Å². The van der Waals surface area contributed by atoms with E-state index in [2.05, 4.69) is 10.3 Å². The minimum Gasteiger partial charge on any atom is -0.345 e. The summed E-state index contributed by atoms with van der Waals surface area (Å²) < 4.78 is 22.7. The molecular formula is C17H16N2O4S. The summed E-state index contributed by atoms with van der Waals surface area (Å²) in [5.74, 6) is -0.781. The van der Waals surface area contributed by atoms with Crippen molar-refractivity contribution in [3.63, 3.8) is 0 Å². The Labute approximate surface area is 139 Å². The number of aromatic amines is 1. The first-order chi connectivity index (χ1) is 11.3. The fourth-order valence-electron chi connectivity index (χ4n) is 2.55. The van der Waals surface area contributed by atoms with E-state index in [0.29, 0.717) is 5.69 Å². The molecule has 7 heteroatoms. The maximum absolute atomic E-state index is 12.2. The van der Waals surface area contributed by atoms with Gasteiger partial charge in [-0.05, 0) is 36.8 Å². The van der Waals surface area contributed by atoms with Gasteiger partial charge >= 0.3 is 0 Å². The second-order valence-electron chi connectivity index (χ2n) is 5.72. The summed E-state index contributed by atoms with van der Waals surface area (Å²) in [5.41, 5.74) is 1.96. The highest BCUT2D eigenvalue weighted by atomic mass is 32.2. The van der Waals surface area contributed by atoms with Crippen molar-refractivity contribution < 1.29 is 13.2 Å². The third-order valence-electron chi connectivity index (χ3n) is 3.73. The molecule has 1 aliphatic heterocycles. The molecule has 0 saturated heterocycles. The van der Waals surface area contributed by atoms with Crippen LogP contribution >= 0.6 is 0 Å². The lowest BCUT2D eigenvalue weighted by Crippen LogP contribution is -2.38. The number of hydrogen-bond donors (Lipinski definition) is 2. The van der Waals surface area contributed by atoms with Crippen molar-refractivity contribution in [3.05, 3.63) is 69.4 Å². The number of benzene rings is 1. The molecule has 124 valence electrons. The van der Waals surface area contributed by atoms with Gasteiger partial charge in [-0.1, -0.05) is 23.8 Å². The van der Waals surface area contributed by atoms with Gasteiger partial charge in [-0.25, -0.2) is 8.42 Å². The molecule has 24 heavy (non-hydrogen) atoms. The van der Waals surface area contributed by atoms with Crippen LogP contribution in [0.5, 0.6) is 0 Å². The molecule has 6 nitrogen and oxygen atoms in total. The standard InChI is InChI=1S/C17H16N2O4S/c1-11-3-2-4-12(9-11)15-6-5-14(17(21)19-15)16(20)18-13-7-8-24(22,23)10-13/h2-9,13H,10H2,1H3,(H,18,20)(H,19,21). The highest BCUT2D eigenvalue weighted by Gasteiger charge is 2.24. The van der Waals surface area contributed by atoms with E-state index in [4.69, 9.17) is 0 Å². The van der Waals surface area contributed by atoms with E-state index in [1.54, 1.807) is 6.07 Å². The molecule has 3 rings (SSSR count). The maximum atomic E-state index is 12.2. The Morgan fingerprint density at radius 2 is 2.04 bits per heavy atom. The van der Waals surface area contributed by atoms with Crippen LogP contribution < -0.4 is 10.9 Å². The molecule has 1 aromatic carbocycles. The number of carbonyl (C=O) groups is 1. The lowest BCUT2D eigenvalue weighted by Gasteiger charge is -2.10. The molecule has 2 heterocycles. The van der Waals surface area contributed by atoms with Gasteiger partial charge in [-0.15, -0.1) is 0 Å². The van der Waals surface area contributed by atoms with Crippen molar-refractivity contribution in [1.82, 2.24) is 10.3 Å². The molecule has 2 aromatic rings. The van der Waals surface area contributed by atoms with Crippen molar-refractivity contribution in [2.24, 2.45) is 0 Å². The zero-order valence-corrected chi connectivity index (χ0v) is 13.8. The van der Waals surface area contributed by atoms with Crippen molar-refractivity contribution in [2.45, 2.75) is 13.0 Å². The van der Waals surface area contributed by atoms with Crippen LogP contribution in [0.3, 0.4) is 0 Å². The lowest BCUT2D eigenvalue weighted by atomic mass is 10.1. The quantitative estimate of drug-likeness (QED) is 0.879. The van der Waals surface area contributed by atoms with E-state index < -0.39 is 27.3 Å². The average Bonchev–Trinajstić information content (AvgIpc) is 2.85. The minimum atomic E-state index is -3.26. The Kier molecular flexibility index (Phi) is 4.11. The second kappa shape index (κ2) is 6.09. The Morgan fingerprint density at radius 3 is 2.67 bits per heavy atom. The van der Waals surface area contributed by atoms with Crippen LogP contribution in [0.15, 0.2) is 52.7 Å². The van der Waals surface area contributed by atoms with Crippen molar-refractivity contribution >= 4 is 15.7 Å². The van der Waals surface area contributed by atoms with E-state index in [9.17, 15) is 18.0 Å². The number of pyridine rings is 1. The summed E-state index contributed by atoms with van der Waals surface area (Å²) in [4.78, 5) is 27.1. The third-order valence-corrected chi connectivity index (χ3v) is 5.13. The Balaban J connectivity index is 1.81. The molecule has 0 spiro atoms. The molecule has 0 bridgehead atoms. The number of rotatable bonds is 3. The highest BCUT2D eigenvalue weighted by molar-refractivity contribution is 7.94. The molecule has 0 radical (unpaired) electrons. The topological polar surface area (TPSA) is 96.1 Å². The van der Waals surface area contributed by atoms with Crippen molar-refractivity contribution in [1.29, 1.82) is 0 Å². The van der Waals surface area contributed by atoms with Gasteiger partial charge in [-0.3, -0.25) is 9.59 Å². The number of aryl methyl sites for hydroxylation is 1. The minimum absolute atomic E-state index is 0.0518. The van der Waals surface area contributed by atoms with Crippen LogP contribution in [0.25, 0.3) is 11.3 Å². The van der Waals surface area contributed by atoms with Gasteiger partial charge < -0.3 is 10.3 Å². The molecule has 1 unspecified atom stereocenters. The summed E-state index contributed by atoms with van der Waals surface area (Å²) >= 11 is 0. The van der Waals surface area contributed by atoms with Gasteiger partial charge in [0, 0.05) is 11.1 Å². The Morgan fingerprint density at radius 1 is 1.25 bits per heavy atom. The molecule has 0 fully saturated rings. The molecule has 1 aromatic heterocycles. The van der Waals surface area contributed by atoms with E-state index in [1.807, 2.05) is 31.2 Å². The Bertz CT molecular complexity index is 990. The fourth-order valence-corrected chi connectivity index (χ4v) is 3.78. The molecule has 0 saturated carbocycles. The van der Waals surface area contributed by atoms with Gasteiger partial charge in [-0.2, -0.15) is 0 Å².